The van der Waals surface area contributed by atoms with Crippen LogP contribution in [-0.4, -0.2) is 0 Å². The lowest BCUT2D eigenvalue weighted by molar-refractivity contribution is 1.46. The summed E-state index contributed by atoms with van der Waals surface area (Å²) < 4.78 is 0. The standard InChI is InChI=1S/C16H13/c1-2-12-7-5-9-16-14-8-4-3-6-13(14)10-11-15(12)16/h2-11H,1H3. The number of rotatable bonds is 1. The molecule has 3 rings (SSSR count). The zero-order valence-corrected chi connectivity index (χ0v) is 9.27. The summed E-state index contributed by atoms with van der Waals surface area (Å²) in [6.45, 7) is 2.09. The van der Waals surface area contributed by atoms with Gasteiger partial charge in [0.2, 0.25) is 0 Å². The van der Waals surface area contributed by atoms with E-state index in [0.717, 1.165) is 0 Å². The van der Waals surface area contributed by atoms with Crippen LogP contribution in [0.25, 0.3) is 21.5 Å². The minimum Gasteiger partial charge on any atom is -0.0616 e. The van der Waals surface area contributed by atoms with Crippen molar-refractivity contribution in [2.45, 2.75) is 6.92 Å². The van der Waals surface area contributed by atoms with E-state index in [1.807, 2.05) is 0 Å². The second kappa shape index (κ2) is 3.64. The molecule has 3 aromatic carbocycles. The van der Waals surface area contributed by atoms with E-state index in [1.54, 1.807) is 0 Å². The predicted octanol–water partition coefficient (Wildman–Crippen LogP) is 4.57. The van der Waals surface area contributed by atoms with Crippen molar-refractivity contribution in [3.05, 3.63) is 66.6 Å². The van der Waals surface area contributed by atoms with Crippen LogP contribution in [0.15, 0.2) is 54.6 Å². The maximum atomic E-state index is 2.22. The Morgan fingerprint density at radius 3 is 2.38 bits per heavy atom. The van der Waals surface area contributed by atoms with E-state index < -0.39 is 0 Å². The van der Waals surface area contributed by atoms with E-state index >= 15 is 0 Å². The maximum Gasteiger partial charge on any atom is -0.0103 e. The van der Waals surface area contributed by atoms with Gasteiger partial charge in [-0.1, -0.05) is 61.5 Å². The first-order valence-corrected chi connectivity index (χ1v) is 5.60. The van der Waals surface area contributed by atoms with Crippen LogP contribution in [0.1, 0.15) is 12.5 Å². The van der Waals surface area contributed by atoms with Gasteiger partial charge in [0.1, 0.15) is 0 Å². The van der Waals surface area contributed by atoms with E-state index in [0.29, 0.717) is 0 Å². The van der Waals surface area contributed by atoms with Crippen LogP contribution < -0.4 is 0 Å². The molecular weight excluding hydrogens is 192 g/mol. The van der Waals surface area contributed by atoms with Crippen LogP contribution in [0.5, 0.6) is 0 Å². The Hall–Kier alpha value is -1.82. The molecule has 0 aromatic heterocycles. The molecule has 0 heteroatoms. The Morgan fingerprint density at radius 1 is 0.688 bits per heavy atom. The van der Waals surface area contributed by atoms with Gasteiger partial charge in [0.15, 0.2) is 0 Å². The topological polar surface area (TPSA) is 0 Å². The summed E-state index contributed by atoms with van der Waals surface area (Å²) in [6, 6.07) is 19.5. The molecule has 0 fully saturated rings. The largest absolute Gasteiger partial charge is 0.0616 e. The first-order chi connectivity index (χ1) is 7.90. The highest BCUT2D eigenvalue weighted by Gasteiger charge is 2.02. The van der Waals surface area contributed by atoms with Gasteiger partial charge in [0.05, 0.1) is 0 Å². The highest BCUT2D eigenvalue weighted by atomic mass is 14.1. The van der Waals surface area contributed by atoms with Crippen molar-refractivity contribution in [3.8, 4) is 0 Å². The Bertz CT molecular complexity index is 650. The van der Waals surface area contributed by atoms with Crippen molar-refractivity contribution in [1.29, 1.82) is 0 Å². The van der Waals surface area contributed by atoms with Gasteiger partial charge in [-0.2, -0.15) is 0 Å². The predicted molar refractivity (Wildman–Crippen MR) is 70.5 cm³/mol. The molecule has 0 nitrogen and oxygen atoms in total. The molecular formula is C16H13. The van der Waals surface area contributed by atoms with E-state index in [4.69, 9.17) is 0 Å². The van der Waals surface area contributed by atoms with Crippen LogP contribution in [0.4, 0.5) is 0 Å². The van der Waals surface area contributed by atoms with Crippen molar-refractivity contribution in [3.63, 3.8) is 0 Å². The summed E-state index contributed by atoms with van der Waals surface area (Å²) in [7, 11) is 0. The molecule has 0 N–H and O–H groups in total. The number of fused-ring (bicyclic) bond motifs is 3. The lowest BCUT2D eigenvalue weighted by Gasteiger charge is -2.07. The molecule has 0 atom stereocenters. The van der Waals surface area contributed by atoms with Gasteiger partial charge in [0.25, 0.3) is 0 Å². The average Bonchev–Trinajstić information content (AvgIpc) is 2.37. The van der Waals surface area contributed by atoms with Gasteiger partial charge in [-0.3, -0.25) is 0 Å². The van der Waals surface area contributed by atoms with Crippen LogP contribution >= 0.6 is 0 Å². The SMILES string of the molecule is C[CH]c1cccc2c1ccc1ccccc12. The normalized spacial score (nSPS) is 11.1. The highest BCUT2D eigenvalue weighted by molar-refractivity contribution is 6.08. The van der Waals surface area contributed by atoms with E-state index in [1.165, 1.54) is 27.1 Å². The molecule has 0 spiro atoms. The summed E-state index contributed by atoms with van der Waals surface area (Å²) in [5.74, 6) is 0. The Labute approximate surface area is 95.5 Å². The van der Waals surface area contributed by atoms with Crippen LogP contribution in [0.3, 0.4) is 0 Å². The zero-order chi connectivity index (χ0) is 11.0. The molecule has 3 aromatic rings. The van der Waals surface area contributed by atoms with Gasteiger partial charge in [0, 0.05) is 0 Å². The van der Waals surface area contributed by atoms with Crippen molar-refractivity contribution in [2.24, 2.45) is 0 Å². The fraction of sp³-hybridized carbons (Fsp3) is 0.0625. The molecule has 0 heterocycles. The summed E-state index contributed by atoms with van der Waals surface area (Å²) in [5.41, 5.74) is 1.31. The molecule has 0 aliphatic heterocycles. The first kappa shape index (κ1) is 9.41. The van der Waals surface area contributed by atoms with E-state index in [2.05, 4.69) is 67.9 Å². The van der Waals surface area contributed by atoms with Crippen LogP contribution in [-0.2, 0) is 0 Å². The number of hydrogen-bond acceptors (Lipinski definition) is 0. The molecule has 0 unspecified atom stereocenters. The fourth-order valence-corrected chi connectivity index (χ4v) is 2.32. The van der Waals surface area contributed by atoms with Crippen molar-refractivity contribution in [2.75, 3.05) is 0 Å². The first-order valence-electron chi connectivity index (χ1n) is 5.60. The fourth-order valence-electron chi connectivity index (χ4n) is 2.32. The second-order valence-corrected chi connectivity index (χ2v) is 4.02. The van der Waals surface area contributed by atoms with Crippen LogP contribution in [0, 0.1) is 6.42 Å². The summed E-state index contributed by atoms with van der Waals surface area (Å²) >= 11 is 0. The third-order valence-corrected chi connectivity index (χ3v) is 3.13. The lowest BCUT2D eigenvalue weighted by Crippen LogP contribution is -1.83. The lowest BCUT2D eigenvalue weighted by atomic mass is 9.97. The summed E-state index contributed by atoms with van der Waals surface area (Å²) in [6.07, 6.45) is 2.16. The van der Waals surface area contributed by atoms with Crippen molar-refractivity contribution < 1.29 is 0 Å². The van der Waals surface area contributed by atoms with Gasteiger partial charge in [-0.15, -0.1) is 0 Å². The van der Waals surface area contributed by atoms with E-state index in [-0.39, 0.29) is 0 Å². The highest BCUT2D eigenvalue weighted by Crippen LogP contribution is 2.27. The molecule has 16 heavy (non-hydrogen) atoms. The summed E-state index contributed by atoms with van der Waals surface area (Å²) in [4.78, 5) is 0. The molecule has 0 amide bonds. The molecule has 77 valence electrons. The van der Waals surface area contributed by atoms with Gasteiger partial charge < -0.3 is 0 Å². The second-order valence-electron chi connectivity index (χ2n) is 4.02. The molecule has 0 aliphatic carbocycles. The van der Waals surface area contributed by atoms with Crippen LogP contribution in [0.2, 0.25) is 0 Å². The molecule has 0 saturated heterocycles. The average molecular weight is 205 g/mol. The van der Waals surface area contributed by atoms with Gasteiger partial charge in [-0.25, -0.2) is 0 Å². The Kier molecular flexibility index (Phi) is 2.14. The maximum absolute atomic E-state index is 2.22. The zero-order valence-electron chi connectivity index (χ0n) is 9.27. The Morgan fingerprint density at radius 2 is 1.50 bits per heavy atom. The third kappa shape index (κ3) is 1.30. The smallest absolute Gasteiger partial charge is 0.0103 e. The minimum atomic E-state index is 1.31. The summed E-state index contributed by atoms with van der Waals surface area (Å²) in [5, 5.41) is 5.32. The minimum absolute atomic E-state index is 1.31. The Balaban J connectivity index is 2.52. The third-order valence-electron chi connectivity index (χ3n) is 3.13. The quantitative estimate of drug-likeness (QED) is 0.511. The van der Waals surface area contributed by atoms with E-state index in [9.17, 15) is 0 Å². The molecule has 1 radical (unpaired) electrons. The monoisotopic (exact) mass is 205 g/mol. The molecule has 0 bridgehead atoms. The van der Waals surface area contributed by atoms with Gasteiger partial charge >= 0.3 is 0 Å². The van der Waals surface area contributed by atoms with Gasteiger partial charge in [-0.05, 0) is 33.5 Å². The van der Waals surface area contributed by atoms with Crippen molar-refractivity contribution >= 4 is 21.5 Å². The number of hydrogen-bond donors (Lipinski definition) is 0. The molecule has 0 aliphatic rings. The number of benzene rings is 3. The van der Waals surface area contributed by atoms with Crippen molar-refractivity contribution in [1.82, 2.24) is 0 Å². The molecule has 0 saturated carbocycles.